The van der Waals surface area contributed by atoms with Crippen molar-refractivity contribution in [2.24, 2.45) is 0 Å². The molecule has 0 radical (unpaired) electrons. The number of benzene rings is 1. The number of carboxylic acid groups (broad SMARTS) is 1. The zero-order chi connectivity index (χ0) is 12.0. The van der Waals surface area contributed by atoms with Crippen molar-refractivity contribution in [2.45, 2.75) is 19.6 Å². The Hall–Kier alpha value is -1.75. The number of thiophene rings is 1. The van der Waals surface area contributed by atoms with E-state index < -0.39 is 5.97 Å². The molecule has 4 nitrogen and oxygen atoms in total. The van der Waals surface area contributed by atoms with E-state index in [4.69, 9.17) is 14.6 Å². The summed E-state index contributed by atoms with van der Waals surface area (Å²) in [5, 5.41) is 9.80. The molecule has 1 N–H and O–H groups in total. The number of ether oxygens (including phenoxy) is 2. The van der Waals surface area contributed by atoms with E-state index in [9.17, 15) is 4.79 Å². The lowest BCUT2D eigenvalue weighted by Gasteiger charge is -2.04. The largest absolute Gasteiger partial charge is 0.477 e. The molecule has 88 valence electrons. The zero-order valence-electron chi connectivity index (χ0n) is 9.10. The van der Waals surface area contributed by atoms with E-state index in [1.165, 1.54) is 11.3 Å². The molecule has 1 atom stereocenters. The third-order valence-electron chi connectivity index (χ3n) is 2.64. The topological polar surface area (TPSA) is 55.8 Å². The summed E-state index contributed by atoms with van der Waals surface area (Å²) < 4.78 is 12.0. The van der Waals surface area contributed by atoms with Crippen LogP contribution in [-0.2, 0) is 0 Å². The van der Waals surface area contributed by atoms with Gasteiger partial charge in [0, 0.05) is 17.2 Å². The zero-order valence-corrected chi connectivity index (χ0v) is 9.91. The molecule has 1 aliphatic heterocycles. The summed E-state index contributed by atoms with van der Waals surface area (Å²) in [6.45, 7) is 1.99. The molecule has 2 aromatic rings. The Labute approximate surface area is 101 Å². The van der Waals surface area contributed by atoms with E-state index in [0.717, 1.165) is 16.5 Å². The molecule has 0 spiro atoms. The average Bonchev–Trinajstić information content (AvgIpc) is 2.87. The SMILES string of the molecule is CCC1Oc2cc3cc(C(=O)O)sc3cc2O1. The van der Waals surface area contributed by atoms with Crippen LogP contribution in [0.4, 0.5) is 0 Å². The highest BCUT2D eigenvalue weighted by molar-refractivity contribution is 7.20. The Bertz CT molecular complexity index is 559. The van der Waals surface area contributed by atoms with Gasteiger partial charge in [-0.1, -0.05) is 6.92 Å². The predicted octanol–water partition coefficient (Wildman–Crippen LogP) is 3.11. The fraction of sp³-hybridized carbons (Fsp3) is 0.250. The highest BCUT2D eigenvalue weighted by Gasteiger charge is 2.24. The van der Waals surface area contributed by atoms with Crippen molar-refractivity contribution in [3.63, 3.8) is 0 Å². The van der Waals surface area contributed by atoms with E-state index in [1.54, 1.807) is 6.07 Å². The number of fused-ring (bicyclic) bond motifs is 2. The Morgan fingerprint density at radius 1 is 1.35 bits per heavy atom. The first kappa shape index (κ1) is 10.4. The molecule has 1 aliphatic rings. The number of hydrogen-bond acceptors (Lipinski definition) is 4. The van der Waals surface area contributed by atoms with Crippen LogP contribution in [0.25, 0.3) is 10.1 Å². The quantitative estimate of drug-likeness (QED) is 0.889. The molecule has 0 bridgehead atoms. The van der Waals surface area contributed by atoms with Gasteiger partial charge in [0.1, 0.15) is 4.88 Å². The second-order valence-corrected chi connectivity index (χ2v) is 4.91. The van der Waals surface area contributed by atoms with Crippen LogP contribution in [0.1, 0.15) is 23.0 Å². The van der Waals surface area contributed by atoms with Gasteiger partial charge in [-0.3, -0.25) is 0 Å². The van der Waals surface area contributed by atoms with Crippen molar-refractivity contribution >= 4 is 27.4 Å². The molecule has 0 saturated carbocycles. The molecule has 2 heterocycles. The van der Waals surface area contributed by atoms with Gasteiger partial charge in [0.15, 0.2) is 11.5 Å². The molecular formula is C12H10O4S. The minimum Gasteiger partial charge on any atom is -0.477 e. The first-order valence-electron chi connectivity index (χ1n) is 5.31. The monoisotopic (exact) mass is 250 g/mol. The van der Waals surface area contributed by atoms with Crippen molar-refractivity contribution in [1.29, 1.82) is 0 Å². The van der Waals surface area contributed by atoms with Gasteiger partial charge in [0.25, 0.3) is 0 Å². The van der Waals surface area contributed by atoms with Crippen molar-refractivity contribution in [2.75, 3.05) is 0 Å². The van der Waals surface area contributed by atoms with Crippen LogP contribution >= 0.6 is 11.3 Å². The third-order valence-corrected chi connectivity index (χ3v) is 3.73. The molecule has 1 aromatic carbocycles. The van der Waals surface area contributed by atoms with Crippen molar-refractivity contribution < 1.29 is 19.4 Å². The summed E-state index contributed by atoms with van der Waals surface area (Å²) >= 11 is 1.25. The average molecular weight is 250 g/mol. The molecule has 5 heteroatoms. The van der Waals surface area contributed by atoms with Gasteiger partial charge < -0.3 is 14.6 Å². The van der Waals surface area contributed by atoms with Crippen molar-refractivity contribution in [3.05, 3.63) is 23.1 Å². The van der Waals surface area contributed by atoms with Gasteiger partial charge >= 0.3 is 5.97 Å². The Balaban J connectivity index is 2.09. The van der Waals surface area contributed by atoms with Gasteiger partial charge in [0.05, 0.1) is 0 Å². The van der Waals surface area contributed by atoms with E-state index in [-0.39, 0.29) is 6.29 Å². The maximum atomic E-state index is 10.9. The van der Waals surface area contributed by atoms with Gasteiger partial charge in [-0.2, -0.15) is 0 Å². The molecule has 1 unspecified atom stereocenters. The first-order chi connectivity index (χ1) is 8.17. The fourth-order valence-corrected chi connectivity index (χ4v) is 2.72. The number of aromatic carboxylic acids is 1. The minimum atomic E-state index is -0.903. The van der Waals surface area contributed by atoms with Crippen LogP contribution in [0.2, 0.25) is 0 Å². The molecule has 1 aromatic heterocycles. The maximum absolute atomic E-state index is 10.9. The highest BCUT2D eigenvalue weighted by atomic mass is 32.1. The lowest BCUT2D eigenvalue weighted by molar-refractivity contribution is 0.0465. The number of carbonyl (C=O) groups is 1. The summed E-state index contributed by atoms with van der Waals surface area (Å²) in [5.74, 6) is 0.488. The summed E-state index contributed by atoms with van der Waals surface area (Å²) in [6.07, 6.45) is 0.559. The normalized spacial score (nSPS) is 17.6. The predicted molar refractivity (Wildman–Crippen MR) is 64.1 cm³/mol. The van der Waals surface area contributed by atoms with Crippen LogP contribution in [0.15, 0.2) is 18.2 Å². The second-order valence-electron chi connectivity index (χ2n) is 3.83. The Kier molecular flexibility index (Phi) is 2.22. The highest BCUT2D eigenvalue weighted by Crippen LogP contribution is 2.41. The van der Waals surface area contributed by atoms with E-state index in [2.05, 4.69) is 0 Å². The van der Waals surface area contributed by atoms with E-state index in [0.29, 0.717) is 16.4 Å². The number of hydrogen-bond donors (Lipinski definition) is 1. The van der Waals surface area contributed by atoms with Crippen molar-refractivity contribution in [1.82, 2.24) is 0 Å². The minimum absolute atomic E-state index is 0.222. The molecular weight excluding hydrogens is 240 g/mol. The van der Waals surface area contributed by atoms with Gasteiger partial charge in [0.2, 0.25) is 6.29 Å². The van der Waals surface area contributed by atoms with Crippen LogP contribution in [-0.4, -0.2) is 17.4 Å². The fourth-order valence-electron chi connectivity index (χ4n) is 1.81. The van der Waals surface area contributed by atoms with Crippen LogP contribution in [0.3, 0.4) is 0 Å². The Morgan fingerprint density at radius 2 is 2.06 bits per heavy atom. The molecule has 3 rings (SSSR count). The van der Waals surface area contributed by atoms with E-state index >= 15 is 0 Å². The van der Waals surface area contributed by atoms with Gasteiger partial charge in [-0.15, -0.1) is 11.3 Å². The standard InChI is InChI=1S/C12H10O4S/c1-2-11-15-7-3-6-4-10(12(13)14)17-9(6)5-8(7)16-11/h3-5,11H,2H2,1H3,(H,13,14). The molecule has 17 heavy (non-hydrogen) atoms. The summed E-state index contributed by atoms with van der Waals surface area (Å²) in [6, 6.07) is 5.34. The lowest BCUT2D eigenvalue weighted by Crippen LogP contribution is -2.15. The Morgan fingerprint density at radius 3 is 2.71 bits per heavy atom. The second kappa shape index (κ2) is 3.63. The van der Waals surface area contributed by atoms with Crippen LogP contribution < -0.4 is 9.47 Å². The first-order valence-corrected chi connectivity index (χ1v) is 6.13. The van der Waals surface area contributed by atoms with Gasteiger partial charge in [-0.25, -0.2) is 4.79 Å². The summed E-state index contributed by atoms with van der Waals surface area (Å²) in [5.41, 5.74) is 0. The molecule has 0 amide bonds. The van der Waals surface area contributed by atoms with Crippen molar-refractivity contribution in [3.8, 4) is 11.5 Å². The summed E-state index contributed by atoms with van der Waals surface area (Å²) in [4.78, 5) is 11.2. The third kappa shape index (κ3) is 1.63. The van der Waals surface area contributed by atoms with Crippen LogP contribution in [0.5, 0.6) is 11.5 Å². The smallest absolute Gasteiger partial charge is 0.345 e. The molecule has 0 fully saturated rings. The van der Waals surface area contributed by atoms with E-state index in [1.807, 2.05) is 19.1 Å². The summed E-state index contributed by atoms with van der Waals surface area (Å²) in [7, 11) is 0. The lowest BCUT2D eigenvalue weighted by atomic mass is 10.2. The van der Waals surface area contributed by atoms with Gasteiger partial charge in [-0.05, 0) is 17.5 Å². The number of rotatable bonds is 2. The molecule has 0 saturated heterocycles. The maximum Gasteiger partial charge on any atom is 0.345 e. The number of carboxylic acids is 1. The molecule has 0 aliphatic carbocycles. The van der Waals surface area contributed by atoms with Crippen LogP contribution in [0, 0.1) is 0 Å².